The highest BCUT2D eigenvalue weighted by Gasteiger charge is 2.21. The van der Waals surface area contributed by atoms with Crippen LogP contribution in [0.5, 0.6) is 0 Å². The van der Waals surface area contributed by atoms with E-state index in [2.05, 4.69) is 34.1 Å². The molecule has 1 heterocycles. The number of nitrogens with one attached hydrogen (secondary N) is 2. The summed E-state index contributed by atoms with van der Waals surface area (Å²) in [6.07, 6.45) is 6.73. The fourth-order valence-electron chi connectivity index (χ4n) is 5.08. The Hall–Kier alpha value is -4.09. The largest absolute Gasteiger partial charge is 0.483 e. The van der Waals surface area contributed by atoms with Gasteiger partial charge in [-0.2, -0.15) is 0 Å². The summed E-state index contributed by atoms with van der Waals surface area (Å²) in [4.78, 5) is 17.4. The van der Waals surface area contributed by atoms with Gasteiger partial charge in [0, 0.05) is 29.4 Å². The molecule has 0 unspecified atom stereocenters. The van der Waals surface area contributed by atoms with Gasteiger partial charge in [-0.25, -0.2) is 22.8 Å². The Labute approximate surface area is 239 Å². The fourth-order valence-corrected chi connectivity index (χ4v) is 6.21. The van der Waals surface area contributed by atoms with Gasteiger partial charge in [0.1, 0.15) is 10.7 Å². The Morgan fingerprint density at radius 2 is 1.80 bits per heavy atom. The molecule has 0 amide bonds. The van der Waals surface area contributed by atoms with E-state index < -0.39 is 15.8 Å². The van der Waals surface area contributed by atoms with Crippen molar-refractivity contribution in [1.82, 2.24) is 9.97 Å². The average molecular weight is 580 g/mol. The molecule has 0 atom stereocenters. The lowest BCUT2D eigenvalue weighted by Crippen LogP contribution is -2.33. The van der Waals surface area contributed by atoms with E-state index in [1.807, 2.05) is 19.2 Å². The number of carbonyl (C=O) groups is 1. The molecule has 1 aliphatic rings. The average Bonchev–Trinajstić information content (AvgIpc) is 2.94. The number of halogens is 1. The molecule has 3 aromatic carbocycles. The van der Waals surface area contributed by atoms with Gasteiger partial charge in [0.15, 0.2) is 0 Å². The van der Waals surface area contributed by atoms with Crippen molar-refractivity contribution in [3.8, 4) is 11.1 Å². The van der Waals surface area contributed by atoms with Crippen LogP contribution in [0.2, 0.25) is 0 Å². The monoisotopic (exact) mass is 579 g/mol. The van der Waals surface area contributed by atoms with Gasteiger partial charge in [-0.3, -0.25) is 9.52 Å². The van der Waals surface area contributed by atoms with Gasteiger partial charge in [-0.05, 0) is 97.7 Å². The maximum atomic E-state index is 14.1. The van der Waals surface area contributed by atoms with Crippen molar-refractivity contribution >= 4 is 39.0 Å². The highest BCUT2D eigenvalue weighted by Crippen LogP contribution is 2.32. The molecule has 1 saturated carbocycles. The molecule has 1 aliphatic carbocycles. The summed E-state index contributed by atoms with van der Waals surface area (Å²) >= 11 is 0. The minimum absolute atomic E-state index is 0.250. The molecule has 0 bridgehead atoms. The van der Waals surface area contributed by atoms with Crippen LogP contribution in [0.4, 0.5) is 16.0 Å². The summed E-state index contributed by atoms with van der Waals surface area (Å²) in [6, 6.07) is 15.5. The summed E-state index contributed by atoms with van der Waals surface area (Å²) in [5.41, 5.74) is 11.3. The van der Waals surface area contributed by atoms with E-state index in [0.29, 0.717) is 23.7 Å². The van der Waals surface area contributed by atoms with Crippen LogP contribution in [0.1, 0.15) is 43.7 Å². The van der Waals surface area contributed by atoms with Gasteiger partial charge in [0.25, 0.3) is 16.5 Å². The molecule has 0 aliphatic heterocycles. The van der Waals surface area contributed by atoms with Gasteiger partial charge in [0.2, 0.25) is 5.95 Å². The van der Waals surface area contributed by atoms with E-state index >= 15 is 0 Å². The molecule has 41 heavy (non-hydrogen) atoms. The molecule has 11 heteroatoms. The lowest BCUT2D eigenvalue weighted by Gasteiger charge is -2.26. The number of aromatic nitrogens is 2. The van der Waals surface area contributed by atoms with Crippen molar-refractivity contribution in [1.29, 1.82) is 0 Å². The third kappa shape index (κ3) is 7.17. The van der Waals surface area contributed by atoms with Gasteiger partial charge < -0.3 is 16.2 Å². The zero-order chi connectivity index (χ0) is 29.6. The first-order valence-electron chi connectivity index (χ1n) is 13.4. The SMILES string of the molecule is CCc1cc(-c2ccc(NS(=O)(=O)c3ccccc3F)cc2C)cc2cnc(NC3CCC(N)CC3)nc12.O=CO. The minimum atomic E-state index is -4.05. The van der Waals surface area contributed by atoms with Crippen molar-refractivity contribution < 1.29 is 22.7 Å². The van der Waals surface area contributed by atoms with Crippen molar-refractivity contribution in [3.05, 3.63) is 77.7 Å². The molecule has 5 rings (SSSR count). The van der Waals surface area contributed by atoms with E-state index in [-0.39, 0.29) is 11.4 Å². The Kier molecular flexibility index (Phi) is 9.51. The summed E-state index contributed by atoms with van der Waals surface area (Å²) < 4.78 is 42.0. The van der Waals surface area contributed by atoms with Crippen LogP contribution in [0, 0.1) is 12.7 Å². The van der Waals surface area contributed by atoms with Crippen LogP contribution in [0.25, 0.3) is 22.0 Å². The van der Waals surface area contributed by atoms with E-state index in [9.17, 15) is 12.8 Å². The zero-order valence-electron chi connectivity index (χ0n) is 23.0. The molecule has 0 spiro atoms. The summed E-state index contributed by atoms with van der Waals surface area (Å²) in [5.74, 6) is -0.150. The molecule has 0 saturated heterocycles. The number of benzene rings is 3. The molecule has 0 radical (unpaired) electrons. The maximum absolute atomic E-state index is 14.1. The lowest BCUT2D eigenvalue weighted by molar-refractivity contribution is -0.122. The lowest BCUT2D eigenvalue weighted by atomic mass is 9.92. The van der Waals surface area contributed by atoms with Gasteiger partial charge in [-0.1, -0.05) is 25.1 Å². The van der Waals surface area contributed by atoms with Crippen LogP contribution in [0.15, 0.2) is 65.7 Å². The minimum Gasteiger partial charge on any atom is -0.483 e. The number of hydrogen-bond acceptors (Lipinski definition) is 7. The number of anilines is 2. The molecule has 4 aromatic rings. The number of aryl methyl sites for hydroxylation is 2. The number of nitrogens with two attached hydrogens (primary N) is 1. The van der Waals surface area contributed by atoms with E-state index in [4.69, 9.17) is 20.6 Å². The maximum Gasteiger partial charge on any atom is 0.290 e. The van der Waals surface area contributed by atoms with Crippen LogP contribution in [-0.2, 0) is 21.2 Å². The van der Waals surface area contributed by atoms with Crippen LogP contribution in [0.3, 0.4) is 0 Å². The first-order valence-corrected chi connectivity index (χ1v) is 14.9. The van der Waals surface area contributed by atoms with Crippen molar-refractivity contribution in [3.63, 3.8) is 0 Å². The number of rotatable bonds is 7. The number of nitrogens with zero attached hydrogens (tertiary/aromatic N) is 2. The first kappa shape index (κ1) is 29.9. The molecular weight excluding hydrogens is 545 g/mol. The van der Waals surface area contributed by atoms with Crippen molar-refractivity contribution in [2.24, 2.45) is 5.73 Å². The molecule has 1 aromatic heterocycles. The second-order valence-corrected chi connectivity index (χ2v) is 11.7. The second kappa shape index (κ2) is 13.0. The quantitative estimate of drug-likeness (QED) is 0.210. The molecule has 1 fully saturated rings. The normalized spacial score (nSPS) is 16.9. The third-order valence-electron chi connectivity index (χ3n) is 7.16. The highest BCUT2D eigenvalue weighted by molar-refractivity contribution is 7.92. The molecular formula is C30H34FN5O4S. The van der Waals surface area contributed by atoms with Crippen LogP contribution in [-0.4, -0.2) is 42.0 Å². The standard InChI is InChI=1S/C29H32FN5O2S.CH2O2/c1-3-19-15-20(16-21-17-32-29(34-28(19)21)33-23-10-8-22(31)9-11-23)25-13-12-24(14-18(25)2)35-38(36,37)27-7-5-4-6-26(27)30;2-1-3/h4-7,12-17,22-23,35H,3,8-11,31H2,1-2H3,(H,32,33,34);1H,(H,2,3). The van der Waals surface area contributed by atoms with Crippen molar-refractivity contribution in [2.75, 3.05) is 10.0 Å². The second-order valence-electron chi connectivity index (χ2n) is 10.0. The summed E-state index contributed by atoms with van der Waals surface area (Å²) in [5, 5.41) is 11.3. The van der Waals surface area contributed by atoms with Crippen LogP contribution >= 0.6 is 0 Å². The van der Waals surface area contributed by atoms with E-state index in [1.54, 1.807) is 12.1 Å². The number of hydrogen-bond donors (Lipinski definition) is 4. The first-order chi connectivity index (χ1) is 19.6. The Balaban J connectivity index is 0.00000124. The molecule has 216 valence electrons. The van der Waals surface area contributed by atoms with E-state index in [1.165, 1.54) is 18.2 Å². The van der Waals surface area contributed by atoms with Crippen LogP contribution < -0.4 is 15.8 Å². The summed E-state index contributed by atoms with van der Waals surface area (Å²) in [6.45, 7) is 3.77. The summed E-state index contributed by atoms with van der Waals surface area (Å²) in [7, 11) is -4.05. The van der Waals surface area contributed by atoms with Crippen molar-refractivity contribution in [2.45, 2.75) is 62.9 Å². The molecule has 5 N–H and O–H groups in total. The Bertz CT molecular complexity index is 1640. The number of sulfonamides is 1. The zero-order valence-corrected chi connectivity index (χ0v) is 23.8. The Morgan fingerprint density at radius 3 is 2.46 bits per heavy atom. The smallest absolute Gasteiger partial charge is 0.290 e. The predicted octanol–water partition coefficient (Wildman–Crippen LogP) is 5.49. The number of carboxylic acid groups (broad SMARTS) is 1. The fraction of sp³-hybridized carbons (Fsp3) is 0.300. The topological polar surface area (TPSA) is 147 Å². The van der Waals surface area contributed by atoms with E-state index in [0.717, 1.165) is 71.3 Å². The molecule has 9 nitrogen and oxygen atoms in total. The Morgan fingerprint density at radius 1 is 1.10 bits per heavy atom. The number of fused-ring (bicyclic) bond motifs is 1. The predicted molar refractivity (Wildman–Crippen MR) is 159 cm³/mol. The van der Waals surface area contributed by atoms with Gasteiger partial charge in [0.05, 0.1) is 5.52 Å². The van der Waals surface area contributed by atoms with Gasteiger partial charge >= 0.3 is 0 Å². The van der Waals surface area contributed by atoms with Gasteiger partial charge in [-0.15, -0.1) is 0 Å². The third-order valence-corrected chi connectivity index (χ3v) is 8.58. The highest BCUT2D eigenvalue weighted by atomic mass is 32.2.